The zero-order valence-corrected chi connectivity index (χ0v) is 14.6. The Bertz CT molecular complexity index is 830. The van der Waals surface area contributed by atoms with E-state index >= 15 is 0 Å². The molecule has 124 valence electrons. The van der Waals surface area contributed by atoms with Crippen molar-refractivity contribution in [2.24, 2.45) is 0 Å². The summed E-state index contributed by atoms with van der Waals surface area (Å²) in [5, 5.41) is 3.54. The van der Waals surface area contributed by atoms with Crippen LogP contribution < -0.4 is 10.1 Å². The van der Waals surface area contributed by atoms with Crippen LogP contribution in [0.3, 0.4) is 0 Å². The van der Waals surface area contributed by atoms with Gasteiger partial charge in [0, 0.05) is 6.42 Å². The van der Waals surface area contributed by atoms with Crippen molar-refractivity contribution in [2.75, 3.05) is 11.9 Å². The molecule has 5 heteroatoms. The molecule has 0 aliphatic rings. The Hall–Kier alpha value is -2.40. The SMILES string of the molecule is CCOc1ccc2nc(NC(=O)C[C@H](C)c3ccccc3)sc2c1. The molecule has 1 N–H and O–H groups in total. The van der Waals surface area contributed by atoms with E-state index in [2.05, 4.69) is 17.2 Å². The second-order valence-corrected chi connectivity index (χ2v) is 6.68. The number of carbonyl (C=O) groups is 1. The van der Waals surface area contributed by atoms with Crippen LogP contribution in [0.5, 0.6) is 5.75 Å². The van der Waals surface area contributed by atoms with Gasteiger partial charge in [-0.25, -0.2) is 4.98 Å². The molecule has 24 heavy (non-hydrogen) atoms. The molecule has 2 aromatic carbocycles. The largest absolute Gasteiger partial charge is 0.494 e. The highest BCUT2D eigenvalue weighted by molar-refractivity contribution is 7.22. The molecular formula is C19H20N2O2S. The van der Waals surface area contributed by atoms with E-state index in [0.29, 0.717) is 18.2 Å². The molecular weight excluding hydrogens is 320 g/mol. The lowest BCUT2D eigenvalue weighted by Gasteiger charge is -2.10. The highest BCUT2D eigenvalue weighted by Crippen LogP contribution is 2.29. The summed E-state index contributed by atoms with van der Waals surface area (Å²) in [5.41, 5.74) is 2.04. The molecule has 1 atom stereocenters. The molecule has 3 aromatic rings. The molecule has 0 bridgehead atoms. The summed E-state index contributed by atoms with van der Waals surface area (Å²) in [7, 11) is 0. The number of nitrogens with zero attached hydrogens (tertiary/aromatic N) is 1. The van der Waals surface area contributed by atoms with E-state index in [1.165, 1.54) is 16.9 Å². The molecule has 0 saturated carbocycles. The van der Waals surface area contributed by atoms with Crippen LogP contribution in [0.2, 0.25) is 0 Å². The number of hydrogen-bond donors (Lipinski definition) is 1. The van der Waals surface area contributed by atoms with Gasteiger partial charge in [-0.2, -0.15) is 0 Å². The molecule has 0 saturated heterocycles. The Morgan fingerprint density at radius 2 is 2.04 bits per heavy atom. The maximum absolute atomic E-state index is 12.3. The van der Waals surface area contributed by atoms with Gasteiger partial charge in [0.05, 0.1) is 16.8 Å². The van der Waals surface area contributed by atoms with Crippen LogP contribution in [-0.4, -0.2) is 17.5 Å². The third-order valence-electron chi connectivity index (χ3n) is 3.78. The van der Waals surface area contributed by atoms with Gasteiger partial charge in [0.15, 0.2) is 5.13 Å². The van der Waals surface area contributed by atoms with Gasteiger partial charge in [-0.05, 0) is 36.6 Å². The minimum absolute atomic E-state index is 0.0181. The van der Waals surface area contributed by atoms with E-state index in [0.717, 1.165) is 16.0 Å². The molecule has 0 spiro atoms. The molecule has 3 rings (SSSR count). The fourth-order valence-corrected chi connectivity index (χ4v) is 3.47. The predicted molar refractivity (Wildman–Crippen MR) is 98.9 cm³/mol. The van der Waals surface area contributed by atoms with Crippen molar-refractivity contribution in [1.82, 2.24) is 4.98 Å². The summed E-state index contributed by atoms with van der Waals surface area (Å²) in [6.07, 6.45) is 0.435. The van der Waals surface area contributed by atoms with Crippen LogP contribution in [0.4, 0.5) is 5.13 Å². The molecule has 1 heterocycles. The van der Waals surface area contributed by atoms with Gasteiger partial charge < -0.3 is 10.1 Å². The molecule has 0 unspecified atom stereocenters. The third kappa shape index (κ3) is 3.92. The van der Waals surface area contributed by atoms with Gasteiger partial charge in [-0.3, -0.25) is 4.79 Å². The number of aromatic nitrogens is 1. The van der Waals surface area contributed by atoms with Crippen molar-refractivity contribution >= 4 is 32.6 Å². The average molecular weight is 340 g/mol. The summed E-state index contributed by atoms with van der Waals surface area (Å²) >= 11 is 1.47. The zero-order chi connectivity index (χ0) is 16.9. The fraction of sp³-hybridized carbons (Fsp3) is 0.263. The smallest absolute Gasteiger partial charge is 0.226 e. The number of ether oxygens (including phenoxy) is 1. The predicted octanol–water partition coefficient (Wildman–Crippen LogP) is 4.83. The van der Waals surface area contributed by atoms with Gasteiger partial charge in [0.2, 0.25) is 5.91 Å². The summed E-state index contributed by atoms with van der Waals surface area (Å²) in [5.74, 6) is 0.977. The van der Waals surface area contributed by atoms with Crippen molar-refractivity contribution in [2.45, 2.75) is 26.2 Å². The van der Waals surface area contributed by atoms with Crippen LogP contribution in [-0.2, 0) is 4.79 Å². The summed E-state index contributed by atoms with van der Waals surface area (Å²) in [4.78, 5) is 16.7. The molecule has 4 nitrogen and oxygen atoms in total. The Morgan fingerprint density at radius 1 is 1.25 bits per heavy atom. The van der Waals surface area contributed by atoms with E-state index in [1.54, 1.807) is 0 Å². The Morgan fingerprint density at radius 3 is 2.79 bits per heavy atom. The maximum atomic E-state index is 12.3. The van der Waals surface area contributed by atoms with Crippen LogP contribution in [0.1, 0.15) is 31.7 Å². The number of amides is 1. The third-order valence-corrected chi connectivity index (χ3v) is 4.71. The van der Waals surface area contributed by atoms with Gasteiger partial charge in [-0.1, -0.05) is 48.6 Å². The number of anilines is 1. The van der Waals surface area contributed by atoms with Gasteiger partial charge in [0.1, 0.15) is 5.75 Å². The van der Waals surface area contributed by atoms with Crippen LogP contribution in [0.15, 0.2) is 48.5 Å². The van der Waals surface area contributed by atoms with Crippen molar-refractivity contribution in [3.8, 4) is 5.75 Å². The monoisotopic (exact) mass is 340 g/mol. The van der Waals surface area contributed by atoms with Gasteiger partial charge >= 0.3 is 0 Å². The topological polar surface area (TPSA) is 51.2 Å². The number of benzene rings is 2. The molecule has 1 amide bonds. The summed E-state index contributed by atoms with van der Waals surface area (Å²) in [6.45, 7) is 4.64. The number of carbonyl (C=O) groups excluding carboxylic acids is 1. The second kappa shape index (κ2) is 7.45. The summed E-state index contributed by atoms with van der Waals surface area (Å²) in [6, 6.07) is 15.8. The zero-order valence-electron chi connectivity index (χ0n) is 13.8. The van der Waals surface area contributed by atoms with E-state index < -0.39 is 0 Å². The molecule has 1 aromatic heterocycles. The normalized spacial score (nSPS) is 12.1. The van der Waals surface area contributed by atoms with E-state index in [4.69, 9.17) is 4.74 Å². The molecule has 0 aliphatic heterocycles. The van der Waals surface area contributed by atoms with Crippen molar-refractivity contribution in [1.29, 1.82) is 0 Å². The lowest BCUT2D eigenvalue weighted by atomic mass is 9.98. The van der Waals surface area contributed by atoms with Crippen LogP contribution >= 0.6 is 11.3 Å². The minimum atomic E-state index is -0.0181. The first-order chi connectivity index (χ1) is 11.7. The quantitative estimate of drug-likeness (QED) is 0.699. The molecule has 0 fully saturated rings. The number of thiazole rings is 1. The van der Waals surface area contributed by atoms with Crippen molar-refractivity contribution in [3.05, 3.63) is 54.1 Å². The lowest BCUT2D eigenvalue weighted by Crippen LogP contribution is -2.14. The minimum Gasteiger partial charge on any atom is -0.494 e. The fourth-order valence-electron chi connectivity index (χ4n) is 2.56. The second-order valence-electron chi connectivity index (χ2n) is 5.65. The number of nitrogens with one attached hydrogen (secondary N) is 1. The van der Waals surface area contributed by atoms with Crippen molar-refractivity contribution in [3.63, 3.8) is 0 Å². The van der Waals surface area contributed by atoms with Crippen molar-refractivity contribution < 1.29 is 9.53 Å². The number of fused-ring (bicyclic) bond motifs is 1. The average Bonchev–Trinajstić information content (AvgIpc) is 2.97. The maximum Gasteiger partial charge on any atom is 0.226 e. The molecule has 0 aliphatic carbocycles. The van der Waals surface area contributed by atoms with Crippen LogP contribution in [0, 0.1) is 0 Å². The molecule has 0 radical (unpaired) electrons. The Kier molecular flexibility index (Phi) is 5.11. The van der Waals surface area contributed by atoms with Gasteiger partial charge in [-0.15, -0.1) is 0 Å². The van der Waals surface area contributed by atoms with E-state index in [9.17, 15) is 4.79 Å². The number of hydrogen-bond acceptors (Lipinski definition) is 4. The first kappa shape index (κ1) is 16.5. The standard InChI is InChI=1S/C19H20N2O2S/c1-3-23-15-9-10-16-17(12-15)24-19(20-16)21-18(22)11-13(2)14-7-5-4-6-8-14/h4-10,12-13H,3,11H2,1-2H3,(H,20,21,22)/t13-/m0/s1. The highest BCUT2D eigenvalue weighted by Gasteiger charge is 2.13. The van der Waals surface area contributed by atoms with E-state index in [-0.39, 0.29) is 11.8 Å². The van der Waals surface area contributed by atoms with Gasteiger partial charge in [0.25, 0.3) is 0 Å². The van der Waals surface area contributed by atoms with E-state index in [1.807, 2.05) is 55.5 Å². The Labute approximate surface area is 145 Å². The highest BCUT2D eigenvalue weighted by atomic mass is 32.1. The lowest BCUT2D eigenvalue weighted by molar-refractivity contribution is -0.116. The Balaban J connectivity index is 1.66. The first-order valence-corrected chi connectivity index (χ1v) is 8.85. The summed E-state index contributed by atoms with van der Waals surface area (Å²) < 4.78 is 6.50. The number of rotatable bonds is 6. The first-order valence-electron chi connectivity index (χ1n) is 8.04. The van der Waals surface area contributed by atoms with Crippen LogP contribution in [0.25, 0.3) is 10.2 Å².